The zero-order valence-corrected chi connectivity index (χ0v) is 30.7. The first-order chi connectivity index (χ1) is 24.6. The highest BCUT2D eigenvalue weighted by molar-refractivity contribution is 7.92. The predicted molar refractivity (Wildman–Crippen MR) is 197 cm³/mol. The number of carbonyl (C=O) groups is 1. The lowest BCUT2D eigenvalue weighted by Gasteiger charge is -2.44. The largest absolute Gasteiger partial charge is 0.475 e. The van der Waals surface area contributed by atoms with Crippen LogP contribution in [0.25, 0.3) is 11.3 Å². The van der Waals surface area contributed by atoms with Gasteiger partial charge in [0.25, 0.3) is 15.9 Å². The van der Waals surface area contributed by atoms with Crippen LogP contribution in [0.1, 0.15) is 86.0 Å². The molecule has 2 fully saturated rings. The Morgan fingerprint density at radius 2 is 1.71 bits per heavy atom. The molecule has 2 atom stereocenters. The number of amides is 1. The maximum atomic E-state index is 14.7. The molecule has 1 saturated carbocycles. The van der Waals surface area contributed by atoms with Gasteiger partial charge in [-0.1, -0.05) is 70.2 Å². The van der Waals surface area contributed by atoms with Crippen LogP contribution in [-0.4, -0.2) is 64.4 Å². The fourth-order valence-electron chi connectivity index (χ4n) is 7.84. The van der Waals surface area contributed by atoms with Crippen molar-refractivity contribution >= 4 is 27.7 Å². The van der Waals surface area contributed by atoms with E-state index < -0.39 is 10.0 Å². The van der Waals surface area contributed by atoms with Gasteiger partial charge in [0.05, 0.1) is 41.3 Å². The van der Waals surface area contributed by atoms with E-state index >= 15 is 0 Å². The van der Waals surface area contributed by atoms with Crippen LogP contribution < -0.4 is 14.4 Å². The molecule has 0 spiro atoms. The number of aryl methyl sites for hydroxylation is 2. The van der Waals surface area contributed by atoms with E-state index in [0.29, 0.717) is 29.3 Å². The number of sulfonamides is 1. The van der Waals surface area contributed by atoms with Gasteiger partial charge in [-0.05, 0) is 67.9 Å². The van der Waals surface area contributed by atoms with Crippen LogP contribution in [0.4, 0.5) is 11.8 Å². The number of rotatable bonds is 7. The quantitative estimate of drug-likeness (QED) is 0.216. The minimum absolute atomic E-state index is 0.0563. The number of anilines is 2. The summed E-state index contributed by atoms with van der Waals surface area (Å²) in [5, 5.41) is 0. The van der Waals surface area contributed by atoms with E-state index in [0.717, 1.165) is 67.6 Å². The Hall–Kier alpha value is -4.58. The van der Waals surface area contributed by atoms with E-state index in [1.54, 1.807) is 30.6 Å². The molecule has 7 rings (SSSR count). The van der Waals surface area contributed by atoms with E-state index in [9.17, 15) is 13.2 Å². The zero-order chi connectivity index (χ0) is 35.7. The molecule has 2 aromatic carbocycles. The van der Waals surface area contributed by atoms with Crippen LogP contribution in [0.3, 0.4) is 0 Å². The predicted octanol–water partition coefficient (Wildman–Crippen LogP) is 6.96. The van der Waals surface area contributed by atoms with Gasteiger partial charge in [-0.25, -0.2) is 23.1 Å². The van der Waals surface area contributed by atoms with E-state index in [1.807, 2.05) is 36.9 Å². The molecule has 11 nitrogen and oxygen atoms in total. The van der Waals surface area contributed by atoms with E-state index in [2.05, 4.69) is 38.4 Å². The van der Waals surface area contributed by atoms with Gasteiger partial charge in [-0.3, -0.25) is 9.78 Å². The van der Waals surface area contributed by atoms with Crippen molar-refractivity contribution in [3.8, 4) is 17.1 Å². The van der Waals surface area contributed by atoms with Crippen molar-refractivity contribution in [2.75, 3.05) is 22.8 Å². The molecule has 4 aromatic rings. The third-order valence-electron chi connectivity index (χ3n) is 10.6. The second kappa shape index (κ2) is 14.6. The number of nitrogens with one attached hydrogen (secondary N) is 1. The summed E-state index contributed by atoms with van der Waals surface area (Å²) < 4.78 is 36.6. The minimum Gasteiger partial charge on any atom is -0.475 e. The highest BCUT2D eigenvalue weighted by Crippen LogP contribution is 2.34. The number of carbonyl (C=O) groups excluding carboxylic acids is 1. The monoisotopic (exact) mass is 709 g/mol. The van der Waals surface area contributed by atoms with Crippen molar-refractivity contribution in [2.45, 2.75) is 96.2 Å². The normalized spacial score (nSPS) is 20.8. The molecular formula is C39H47N7O4S. The molecule has 268 valence electrons. The summed E-state index contributed by atoms with van der Waals surface area (Å²) in [5.74, 6) is 1.55. The SMILES string of the molecule is Cc1cccc(C)c1-c1cc2nc(n1)NS(=O)(=O)c1cccc(c1)C(=O)N(Cc1cncc(N3CC[C@H]3C(C)C)n1)[C@H](CC1CCCCC1)CO2. The smallest absolute Gasteiger partial charge is 0.264 e. The number of hydrogen-bond acceptors (Lipinski definition) is 9. The highest BCUT2D eigenvalue weighted by Gasteiger charge is 2.34. The molecule has 12 heteroatoms. The number of ether oxygens (including phenoxy) is 1. The average molecular weight is 710 g/mol. The molecule has 1 amide bonds. The third kappa shape index (κ3) is 7.56. The van der Waals surface area contributed by atoms with Crippen LogP contribution >= 0.6 is 0 Å². The van der Waals surface area contributed by atoms with Gasteiger partial charge in [0.15, 0.2) is 0 Å². The lowest BCUT2D eigenvalue weighted by molar-refractivity contribution is 0.0527. The number of aromatic nitrogens is 4. The van der Waals surface area contributed by atoms with Gasteiger partial charge in [0.1, 0.15) is 12.4 Å². The molecule has 51 heavy (non-hydrogen) atoms. The summed E-state index contributed by atoms with van der Waals surface area (Å²) in [5.41, 5.74) is 4.35. The van der Waals surface area contributed by atoms with Crippen molar-refractivity contribution in [2.24, 2.45) is 11.8 Å². The van der Waals surface area contributed by atoms with Crippen LogP contribution in [0, 0.1) is 25.7 Å². The van der Waals surface area contributed by atoms with Crippen molar-refractivity contribution in [3.05, 3.63) is 83.3 Å². The molecule has 1 saturated heterocycles. The summed E-state index contributed by atoms with van der Waals surface area (Å²) in [7, 11) is -4.17. The second-order valence-corrected chi connectivity index (χ2v) is 16.3. The topological polar surface area (TPSA) is 131 Å². The Bertz CT molecular complexity index is 1990. The van der Waals surface area contributed by atoms with Crippen LogP contribution in [0.2, 0.25) is 0 Å². The third-order valence-corrected chi connectivity index (χ3v) is 12.0. The molecule has 1 N–H and O–H groups in total. The summed E-state index contributed by atoms with van der Waals surface area (Å²) in [4.78, 5) is 37.5. The molecule has 0 radical (unpaired) electrons. The number of benzene rings is 2. The molecule has 1 aliphatic carbocycles. The Morgan fingerprint density at radius 3 is 2.43 bits per heavy atom. The molecule has 2 aromatic heterocycles. The van der Waals surface area contributed by atoms with E-state index in [4.69, 9.17) is 9.72 Å². The summed E-state index contributed by atoms with van der Waals surface area (Å²) in [6.07, 6.45) is 11.1. The minimum atomic E-state index is -4.17. The first-order valence-corrected chi connectivity index (χ1v) is 19.6. The summed E-state index contributed by atoms with van der Waals surface area (Å²) in [6, 6.07) is 13.9. The Labute approximate surface area is 301 Å². The number of nitrogens with zero attached hydrogens (tertiary/aromatic N) is 6. The standard InChI is InChI=1S/C39H47N7O4S/c1-25(2)34-16-17-45(34)35-22-40-21-30(41-35)23-46-31(18-28-12-6-5-7-13-28)24-50-36-20-33(37-26(3)10-8-11-27(37)4)42-39(43-36)44-51(48,49)32-15-9-14-29(19-32)38(46)47/h8-11,14-15,19-22,25,28,31,34H,5-7,12-13,16-18,23-24H2,1-4H3,(H,42,43,44)/t31-,34+/m1/s1. The molecule has 2 aliphatic heterocycles. The Balaban J connectivity index is 1.32. The summed E-state index contributed by atoms with van der Waals surface area (Å²) in [6.45, 7) is 9.70. The first-order valence-electron chi connectivity index (χ1n) is 18.2. The van der Waals surface area contributed by atoms with E-state index in [-0.39, 0.29) is 47.4 Å². The molecule has 4 heterocycles. The maximum absolute atomic E-state index is 14.7. The molecule has 4 bridgehead atoms. The van der Waals surface area contributed by atoms with Crippen LogP contribution in [-0.2, 0) is 16.6 Å². The highest BCUT2D eigenvalue weighted by atomic mass is 32.2. The number of fused-ring (bicyclic) bond motifs is 4. The molecular weight excluding hydrogens is 663 g/mol. The summed E-state index contributed by atoms with van der Waals surface area (Å²) >= 11 is 0. The van der Waals surface area contributed by atoms with Crippen molar-refractivity contribution in [1.29, 1.82) is 0 Å². The average Bonchev–Trinajstić information content (AvgIpc) is 3.08. The van der Waals surface area contributed by atoms with Gasteiger partial charge in [0.2, 0.25) is 11.8 Å². The van der Waals surface area contributed by atoms with Gasteiger partial charge in [-0.15, -0.1) is 0 Å². The zero-order valence-electron chi connectivity index (χ0n) is 29.9. The Kier molecular flexibility index (Phi) is 9.96. The van der Waals surface area contributed by atoms with Gasteiger partial charge in [0, 0.05) is 29.8 Å². The lowest BCUT2D eigenvalue weighted by atomic mass is 9.84. The Morgan fingerprint density at radius 1 is 0.941 bits per heavy atom. The fourth-order valence-corrected chi connectivity index (χ4v) is 8.83. The number of hydrogen-bond donors (Lipinski definition) is 1. The molecule has 3 aliphatic rings. The molecule has 0 unspecified atom stereocenters. The van der Waals surface area contributed by atoms with Crippen LogP contribution in [0.5, 0.6) is 5.88 Å². The van der Waals surface area contributed by atoms with Crippen molar-refractivity contribution in [3.63, 3.8) is 0 Å². The van der Waals surface area contributed by atoms with Gasteiger partial charge < -0.3 is 14.5 Å². The van der Waals surface area contributed by atoms with Gasteiger partial charge in [-0.2, -0.15) is 4.98 Å². The maximum Gasteiger partial charge on any atom is 0.264 e. The second-order valence-electron chi connectivity index (χ2n) is 14.6. The lowest BCUT2D eigenvalue weighted by Crippen LogP contribution is -2.51. The van der Waals surface area contributed by atoms with Crippen molar-refractivity contribution < 1.29 is 17.9 Å². The first kappa shape index (κ1) is 34.9. The van der Waals surface area contributed by atoms with Crippen LogP contribution in [0.15, 0.2) is 65.8 Å². The fraction of sp³-hybridized carbons (Fsp3) is 0.462. The van der Waals surface area contributed by atoms with E-state index in [1.165, 1.54) is 18.6 Å². The van der Waals surface area contributed by atoms with Gasteiger partial charge >= 0.3 is 0 Å². The van der Waals surface area contributed by atoms with Crippen molar-refractivity contribution in [1.82, 2.24) is 24.8 Å².